The quantitative estimate of drug-likeness (QED) is 0.709. The number of benzene rings is 1. The SMILES string of the molecule is COc1cccc2c(NCCC(=O)Nc3ccc(C)cn3)c(C)cnc12. The lowest BCUT2D eigenvalue weighted by Crippen LogP contribution is -2.17. The first-order chi connectivity index (χ1) is 12.6. The Bertz CT molecular complexity index is 923. The summed E-state index contributed by atoms with van der Waals surface area (Å²) in [7, 11) is 1.63. The highest BCUT2D eigenvalue weighted by molar-refractivity contribution is 5.96. The van der Waals surface area contributed by atoms with Gasteiger partial charge >= 0.3 is 0 Å². The molecule has 0 saturated carbocycles. The Morgan fingerprint density at radius 2 is 1.96 bits per heavy atom. The van der Waals surface area contributed by atoms with E-state index in [-0.39, 0.29) is 5.91 Å². The molecule has 0 saturated heterocycles. The van der Waals surface area contributed by atoms with Gasteiger partial charge in [-0.15, -0.1) is 0 Å². The molecule has 0 aliphatic carbocycles. The number of aromatic nitrogens is 2. The Morgan fingerprint density at radius 3 is 2.69 bits per heavy atom. The van der Waals surface area contributed by atoms with Crippen LogP contribution in [0.4, 0.5) is 11.5 Å². The standard InChI is InChI=1S/C20H22N4O2/c1-13-7-8-17(22-11-13)24-18(25)9-10-21-19-14(2)12-23-20-15(19)5-4-6-16(20)26-3/h4-8,11-12H,9-10H2,1-3H3,(H,21,23)(H,22,24,25). The normalized spacial score (nSPS) is 10.6. The summed E-state index contributed by atoms with van der Waals surface area (Å²) in [6, 6.07) is 9.53. The van der Waals surface area contributed by atoms with E-state index >= 15 is 0 Å². The Balaban J connectivity index is 1.67. The number of carbonyl (C=O) groups excluding carboxylic acids is 1. The molecule has 0 aliphatic heterocycles. The molecule has 0 bridgehead atoms. The van der Waals surface area contributed by atoms with Crippen molar-refractivity contribution in [3.05, 3.63) is 53.9 Å². The first-order valence-corrected chi connectivity index (χ1v) is 8.47. The van der Waals surface area contributed by atoms with Crippen LogP contribution >= 0.6 is 0 Å². The van der Waals surface area contributed by atoms with Crippen LogP contribution in [0.5, 0.6) is 5.75 Å². The monoisotopic (exact) mass is 350 g/mol. The summed E-state index contributed by atoms with van der Waals surface area (Å²) in [5, 5.41) is 7.14. The smallest absolute Gasteiger partial charge is 0.227 e. The van der Waals surface area contributed by atoms with Crippen molar-refractivity contribution in [1.29, 1.82) is 0 Å². The van der Waals surface area contributed by atoms with Gasteiger partial charge in [0.25, 0.3) is 0 Å². The highest BCUT2D eigenvalue weighted by Crippen LogP contribution is 2.31. The number of hydrogen-bond donors (Lipinski definition) is 2. The van der Waals surface area contributed by atoms with Crippen LogP contribution in [0.1, 0.15) is 17.5 Å². The van der Waals surface area contributed by atoms with Crippen molar-refractivity contribution in [2.75, 3.05) is 24.3 Å². The maximum Gasteiger partial charge on any atom is 0.227 e. The Kier molecular flexibility index (Phi) is 5.31. The van der Waals surface area contributed by atoms with Crippen LogP contribution in [-0.4, -0.2) is 29.5 Å². The molecule has 0 spiro atoms. The van der Waals surface area contributed by atoms with E-state index in [0.717, 1.165) is 33.5 Å². The van der Waals surface area contributed by atoms with Crippen molar-refractivity contribution in [2.24, 2.45) is 0 Å². The summed E-state index contributed by atoms with van der Waals surface area (Å²) < 4.78 is 5.38. The minimum atomic E-state index is -0.0811. The first kappa shape index (κ1) is 17.7. The highest BCUT2D eigenvalue weighted by Gasteiger charge is 2.10. The van der Waals surface area contributed by atoms with Crippen LogP contribution in [0.15, 0.2) is 42.7 Å². The Labute approximate surface area is 152 Å². The number of nitrogens with zero attached hydrogens (tertiary/aromatic N) is 2. The van der Waals surface area contributed by atoms with Gasteiger partial charge in [0.1, 0.15) is 17.1 Å². The largest absolute Gasteiger partial charge is 0.494 e. The second kappa shape index (κ2) is 7.82. The van der Waals surface area contributed by atoms with Crippen LogP contribution in [0, 0.1) is 13.8 Å². The topological polar surface area (TPSA) is 76.1 Å². The molecule has 0 unspecified atom stereocenters. The predicted octanol–water partition coefficient (Wildman–Crippen LogP) is 3.70. The summed E-state index contributed by atoms with van der Waals surface area (Å²) >= 11 is 0. The number of fused-ring (bicyclic) bond motifs is 1. The van der Waals surface area contributed by atoms with Gasteiger partial charge < -0.3 is 15.4 Å². The van der Waals surface area contributed by atoms with E-state index in [2.05, 4.69) is 20.6 Å². The van der Waals surface area contributed by atoms with E-state index in [1.165, 1.54) is 0 Å². The van der Waals surface area contributed by atoms with Gasteiger partial charge in [-0.3, -0.25) is 9.78 Å². The van der Waals surface area contributed by atoms with Gasteiger partial charge in [-0.1, -0.05) is 18.2 Å². The van der Waals surface area contributed by atoms with Gasteiger partial charge in [-0.25, -0.2) is 4.98 Å². The fourth-order valence-electron chi connectivity index (χ4n) is 2.74. The van der Waals surface area contributed by atoms with E-state index in [9.17, 15) is 4.79 Å². The number of pyridine rings is 2. The van der Waals surface area contributed by atoms with Gasteiger partial charge in [-0.05, 0) is 37.1 Å². The lowest BCUT2D eigenvalue weighted by molar-refractivity contribution is -0.116. The summed E-state index contributed by atoms with van der Waals surface area (Å²) in [6.45, 7) is 4.46. The Morgan fingerprint density at radius 1 is 1.12 bits per heavy atom. The molecule has 1 aromatic carbocycles. The zero-order valence-electron chi connectivity index (χ0n) is 15.2. The summed E-state index contributed by atoms with van der Waals surface area (Å²) in [6.07, 6.45) is 3.87. The van der Waals surface area contributed by atoms with Crippen molar-refractivity contribution < 1.29 is 9.53 Å². The molecule has 2 heterocycles. The van der Waals surface area contributed by atoms with Crippen LogP contribution in [-0.2, 0) is 4.79 Å². The number of hydrogen-bond acceptors (Lipinski definition) is 5. The molecular weight excluding hydrogens is 328 g/mol. The van der Waals surface area contributed by atoms with Crippen molar-refractivity contribution in [2.45, 2.75) is 20.3 Å². The summed E-state index contributed by atoms with van der Waals surface area (Å²) in [4.78, 5) is 20.8. The van der Waals surface area contributed by atoms with Crippen molar-refractivity contribution in [1.82, 2.24) is 9.97 Å². The number of aryl methyl sites for hydroxylation is 2. The molecule has 0 fully saturated rings. The van der Waals surface area contributed by atoms with Crippen LogP contribution in [0.25, 0.3) is 10.9 Å². The number of amides is 1. The van der Waals surface area contributed by atoms with Gasteiger partial charge in [-0.2, -0.15) is 0 Å². The van der Waals surface area contributed by atoms with Crippen LogP contribution in [0.2, 0.25) is 0 Å². The number of ether oxygens (including phenoxy) is 1. The zero-order valence-corrected chi connectivity index (χ0v) is 15.2. The van der Waals surface area contributed by atoms with Gasteiger partial charge in [0, 0.05) is 36.4 Å². The highest BCUT2D eigenvalue weighted by atomic mass is 16.5. The molecule has 2 aromatic heterocycles. The average Bonchev–Trinajstić information content (AvgIpc) is 2.64. The van der Waals surface area contributed by atoms with Gasteiger partial charge in [0.05, 0.1) is 7.11 Å². The number of rotatable bonds is 6. The minimum Gasteiger partial charge on any atom is -0.494 e. The molecule has 0 atom stereocenters. The molecule has 6 heteroatoms. The molecular formula is C20H22N4O2. The summed E-state index contributed by atoms with van der Waals surface area (Å²) in [5.41, 5.74) is 3.85. The van der Waals surface area contributed by atoms with Gasteiger partial charge in [0.2, 0.25) is 5.91 Å². The molecule has 0 radical (unpaired) electrons. The molecule has 6 nitrogen and oxygen atoms in total. The van der Waals surface area contributed by atoms with E-state index < -0.39 is 0 Å². The Hall–Kier alpha value is -3.15. The maximum atomic E-state index is 12.1. The third kappa shape index (κ3) is 3.91. The third-order valence-corrected chi connectivity index (χ3v) is 4.10. The predicted molar refractivity (Wildman–Crippen MR) is 104 cm³/mol. The third-order valence-electron chi connectivity index (χ3n) is 4.10. The molecule has 0 aliphatic rings. The summed E-state index contributed by atoms with van der Waals surface area (Å²) in [5.74, 6) is 1.21. The number of nitrogens with one attached hydrogen (secondary N) is 2. The molecule has 3 aromatic rings. The lowest BCUT2D eigenvalue weighted by Gasteiger charge is -2.14. The number of para-hydroxylation sites is 1. The van der Waals surface area contributed by atoms with Crippen molar-refractivity contribution in [3.63, 3.8) is 0 Å². The average molecular weight is 350 g/mol. The fourth-order valence-corrected chi connectivity index (χ4v) is 2.74. The van der Waals surface area contributed by atoms with Crippen LogP contribution in [0.3, 0.4) is 0 Å². The molecule has 2 N–H and O–H groups in total. The molecule has 3 rings (SSSR count). The fraction of sp³-hybridized carbons (Fsp3) is 0.250. The van der Waals surface area contributed by atoms with E-state index in [1.807, 2.05) is 44.3 Å². The second-order valence-electron chi connectivity index (χ2n) is 6.12. The first-order valence-electron chi connectivity index (χ1n) is 8.47. The van der Waals surface area contributed by atoms with Crippen molar-refractivity contribution in [3.8, 4) is 5.75 Å². The number of carbonyl (C=O) groups is 1. The number of anilines is 2. The van der Waals surface area contributed by atoms with Crippen molar-refractivity contribution >= 4 is 28.3 Å². The van der Waals surface area contributed by atoms with E-state index in [1.54, 1.807) is 19.4 Å². The molecule has 26 heavy (non-hydrogen) atoms. The van der Waals surface area contributed by atoms with E-state index in [0.29, 0.717) is 18.8 Å². The lowest BCUT2D eigenvalue weighted by atomic mass is 10.1. The van der Waals surface area contributed by atoms with E-state index in [4.69, 9.17) is 4.74 Å². The van der Waals surface area contributed by atoms with Crippen LogP contribution < -0.4 is 15.4 Å². The maximum absolute atomic E-state index is 12.1. The van der Waals surface area contributed by atoms with Gasteiger partial charge in [0.15, 0.2) is 0 Å². The zero-order chi connectivity index (χ0) is 18.5. The molecule has 1 amide bonds. The minimum absolute atomic E-state index is 0.0811. The second-order valence-corrected chi connectivity index (χ2v) is 6.12. The molecule has 134 valence electrons. The number of methoxy groups -OCH3 is 1.